The van der Waals surface area contributed by atoms with Gasteiger partial charge in [0.1, 0.15) is 0 Å². The van der Waals surface area contributed by atoms with E-state index in [1.54, 1.807) is 7.11 Å². The van der Waals surface area contributed by atoms with E-state index in [-0.39, 0.29) is 18.5 Å². The summed E-state index contributed by atoms with van der Waals surface area (Å²) in [5.74, 6) is -2.49. The molecule has 0 N–H and O–H groups in total. The fraction of sp³-hybridized carbons (Fsp3) is 1.00. The van der Waals surface area contributed by atoms with E-state index in [1.807, 2.05) is 4.90 Å². The summed E-state index contributed by atoms with van der Waals surface area (Å²) >= 11 is 0. The second kappa shape index (κ2) is 2.39. The molecule has 1 atom stereocenters. The maximum Gasteiger partial charge on any atom is 0.262 e. The number of hydrogen-bond donors (Lipinski definition) is 0. The zero-order valence-corrected chi connectivity index (χ0v) is 7.15. The van der Waals surface area contributed by atoms with Gasteiger partial charge in [-0.2, -0.15) is 0 Å². The lowest BCUT2D eigenvalue weighted by atomic mass is 9.85. The van der Waals surface area contributed by atoms with Crippen LogP contribution in [-0.2, 0) is 4.74 Å². The lowest BCUT2D eigenvalue weighted by molar-refractivity contribution is -0.0342. The van der Waals surface area contributed by atoms with Crippen molar-refractivity contribution in [1.29, 1.82) is 0 Å². The van der Waals surface area contributed by atoms with E-state index in [0.717, 1.165) is 13.0 Å². The largest absolute Gasteiger partial charge is 0.383 e. The molecule has 0 aliphatic carbocycles. The minimum atomic E-state index is -2.49. The molecule has 0 aromatic heterocycles. The number of nitrogens with zero attached hydrogens (tertiary/aromatic N) is 1. The highest BCUT2D eigenvalue weighted by atomic mass is 19.3. The van der Waals surface area contributed by atoms with Crippen molar-refractivity contribution in [3.05, 3.63) is 0 Å². The van der Waals surface area contributed by atoms with Crippen LogP contribution in [0.1, 0.15) is 12.8 Å². The number of ether oxygens (including phenoxy) is 1. The first kappa shape index (κ1) is 8.38. The molecule has 0 amide bonds. The van der Waals surface area contributed by atoms with Crippen molar-refractivity contribution in [3.8, 4) is 0 Å². The smallest absolute Gasteiger partial charge is 0.262 e. The van der Waals surface area contributed by atoms with Crippen LogP contribution in [0.25, 0.3) is 0 Å². The Kier molecular flexibility index (Phi) is 1.67. The molecule has 4 heteroatoms. The highest BCUT2D eigenvalue weighted by Gasteiger charge is 2.59. The quantitative estimate of drug-likeness (QED) is 0.626. The summed E-state index contributed by atoms with van der Waals surface area (Å²) in [6.45, 7) is 1.18. The summed E-state index contributed by atoms with van der Waals surface area (Å²) in [7, 11) is 1.57. The van der Waals surface area contributed by atoms with Crippen molar-refractivity contribution in [3.63, 3.8) is 0 Å². The molecular formula is C8H13F2NO. The highest BCUT2D eigenvalue weighted by Crippen LogP contribution is 2.47. The van der Waals surface area contributed by atoms with Gasteiger partial charge in [-0.05, 0) is 6.42 Å². The Labute approximate surface area is 70.5 Å². The van der Waals surface area contributed by atoms with Gasteiger partial charge < -0.3 is 4.74 Å². The fourth-order valence-corrected chi connectivity index (χ4v) is 2.33. The Morgan fingerprint density at radius 3 is 2.67 bits per heavy atom. The van der Waals surface area contributed by atoms with Crippen LogP contribution in [0, 0.1) is 0 Å². The van der Waals surface area contributed by atoms with Gasteiger partial charge in [-0.1, -0.05) is 0 Å². The molecule has 2 aliphatic rings. The van der Waals surface area contributed by atoms with Crippen LogP contribution in [0.15, 0.2) is 0 Å². The van der Waals surface area contributed by atoms with Crippen LogP contribution in [0.5, 0.6) is 0 Å². The Morgan fingerprint density at radius 1 is 1.50 bits per heavy atom. The zero-order chi connectivity index (χ0) is 8.82. The van der Waals surface area contributed by atoms with Gasteiger partial charge >= 0.3 is 0 Å². The summed E-state index contributed by atoms with van der Waals surface area (Å²) in [4.78, 5) is 1.84. The number of halogens is 2. The molecule has 2 rings (SSSR count). The van der Waals surface area contributed by atoms with Gasteiger partial charge in [-0.15, -0.1) is 0 Å². The Morgan fingerprint density at radius 2 is 2.25 bits per heavy atom. The standard InChI is InChI=1S/C8H13F2NO/c1-12-6-7-2-3-11(7)5-8(9,10)4-7/h2-6H2,1H3. The van der Waals surface area contributed by atoms with Crippen LogP contribution in [0.4, 0.5) is 8.78 Å². The molecule has 0 radical (unpaired) electrons. The third-order valence-electron chi connectivity index (χ3n) is 2.94. The average Bonchev–Trinajstić information content (AvgIpc) is 2.12. The van der Waals surface area contributed by atoms with Gasteiger partial charge in [-0.3, -0.25) is 4.90 Å². The maximum atomic E-state index is 13.0. The SMILES string of the molecule is COCC12CCN1CC(F)(F)C2. The molecule has 2 heterocycles. The van der Waals surface area contributed by atoms with Crippen molar-refractivity contribution in [1.82, 2.24) is 4.90 Å². The average molecular weight is 177 g/mol. The van der Waals surface area contributed by atoms with E-state index >= 15 is 0 Å². The molecule has 0 bridgehead atoms. The molecule has 2 aliphatic heterocycles. The number of methoxy groups -OCH3 is 1. The Balaban J connectivity index is 2.08. The van der Waals surface area contributed by atoms with E-state index in [0.29, 0.717) is 6.61 Å². The Bertz CT molecular complexity index is 197. The van der Waals surface area contributed by atoms with Crippen molar-refractivity contribution in [2.75, 3.05) is 26.8 Å². The van der Waals surface area contributed by atoms with Gasteiger partial charge in [0.25, 0.3) is 5.92 Å². The third-order valence-corrected chi connectivity index (χ3v) is 2.94. The first-order valence-corrected chi connectivity index (χ1v) is 4.20. The molecule has 1 unspecified atom stereocenters. The first-order chi connectivity index (χ1) is 5.58. The van der Waals surface area contributed by atoms with Crippen LogP contribution < -0.4 is 0 Å². The zero-order valence-electron chi connectivity index (χ0n) is 7.15. The Hall–Kier alpha value is -0.220. The van der Waals surface area contributed by atoms with E-state index in [4.69, 9.17) is 4.74 Å². The summed E-state index contributed by atoms with van der Waals surface area (Å²) < 4.78 is 30.9. The molecule has 0 aromatic rings. The van der Waals surface area contributed by atoms with Crippen molar-refractivity contribution >= 4 is 0 Å². The molecule has 0 aromatic carbocycles. The lowest BCUT2D eigenvalue weighted by Gasteiger charge is -2.46. The van der Waals surface area contributed by atoms with Gasteiger partial charge in [-0.25, -0.2) is 8.78 Å². The molecular weight excluding hydrogens is 164 g/mol. The molecule has 0 spiro atoms. The number of hydrogen-bond acceptors (Lipinski definition) is 2. The molecule has 0 saturated carbocycles. The fourth-order valence-electron chi connectivity index (χ4n) is 2.33. The highest BCUT2D eigenvalue weighted by molar-refractivity contribution is 5.09. The summed E-state index contributed by atoms with van der Waals surface area (Å²) in [5.41, 5.74) is -0.321. The van der Waals surface area contributed by atoms with Crippen LogP contribution in [0.2, 0.25) is 0 Å². The second-order valence-electron chi connectivity index (χ2n) is 3.86. The van der Waals surface area contributed by atoms with Gasteiger partial charge in [0.15, 0.2) is 0 Å². The minimum absolute atomic E-state index is 0.0200. The predicted octanol–water partition coefficient (Wildman–Crippen LogP) is 1.12. The van der Waals surface area contributed by atoms with Crippen LogP contribution in [-0.4, -0.2) is 43.2 Å². The molecule has 2 nitrogen and oxygen atoms in total. The van der Waals surface area contributed by atoms with E-state index in [9.17, 15) is 8.78 Å². The summed E-state index contributed by atoms with van der Waals surface area (Å²) in [6, 6.07) is 0. The van der Waals surface area contributed by atoms with E-state index in [1.165, 1.54) is 0 Å². The molecule has 2 saturated heterocycles. The van der Waals surface area contributed by atoms with Crippen molar-refractivity contribution < 1.29 is 13.5 Å². The van der Waals surface area contributed by atoms with E-state index < -0.39 is 5.92 Å². The number of fused-ring (bicyclic) bond motifs is 1. The molecule has 2 fully saturated rings. The maximum absolute atomic E-state index is 13.0. The number of rotatable bonds is 2. The van der Waals surface area contributed by atoms with Crippen molar-refractivity contribution in [2.24, 2.45) is 0 Å². The summed E-state index contributed by atoms with van der Waals surface area (Å²) in [5, 5.41) is 0. The van der Waals surface area contributed by atoms with Gasteiger partial charge in [0.05, 0.1) is 18.7 Å². The van der Waals surface area contributed by atoms with Gasteiger partial charge in [0, 0.05) is 20.1 Å². The summed E-state index contributed by atoms with van der Waals surface area (Å²) in [6.07, 6.45) is 0.838. The third kappa shape index (κ3) is 1.05. The normalized spacial score (nSPS) is 39.2. The molecule has 70 valence electrons. The lowest BCUT2D eigenvalue weighted by Crippen LogP contribution is -2.58. The van der Waals surface area contributed by atoms with Crippen LogP contribution in [0.3, 0.4) is 0 Å². The first-order valence-electron chi connectivity index (χ1n) is 4.20. The predicted molar refractivity (Wildman–Crippen MR) is 40.4 cm³/mol. The minimum Gasteiger partial charge on any atom is -0.383 e. The van der Waals surface area contributed by atoms with Crippen LogP contribution >= 0.6 is 0 Å². The number of alkyl halides is 2. The van der Waals surface area contributed by atoms with E-state index in [2.05, 4.69) is 0 Å². The monoisotopic (exact) mass is 177 g/mol. The topological polar surface area (TPSA) is 12.5 Å². The van der Waals surface area contributed by atoms with Crippen molar-refractivity contribution in [2.45, 2.75) is 24.3 Å². The molecule has 12 heavy (non-hydrogen) atoms. The van der Waals surface area contributed by atoms with Gasteiger partial charge in [0.2, 0.25) is 0 Å². The second-order valence-corrected chi connectivity index (χ2v) is 3.86.